The van der Waals surface area contributed by atoms with Crippen LogP contribution in [0, 0.1) is 5.92 Å². The van der Waals surface area contributed by atoms with Gasteiger partial charge < -0.3 is 10.1 Å². The zero-order valence-electron chi connectivity index (χ0n) is 13.6. The molecule has 0 bridgehead atoms. The number of likely N-dealkylation sites (tertiary alicyclic amines) is 1. The molecule has 0 aromatic heterocycles. The van der Waals surface area contributed by atoms with E-state index in [9.17, 15) is 0 Å². The van der Waals surface area contributed by atoms with Crippen molar-refractivity contribution in [3.63, 3.8) is 0 Å². The van der Waals surface area contributed by atoms with Crippen LogP contribution in [0.15, 0.2) is 36.4 Å². The number of piperidine rings is 1. The highest BCUT2D eigenvalue weighted by atomic mass is 16.5. The quantitative estimate of drug-likeness (QED) is 0.917. The summed E-state index contributed by atoms with van der Waals surface area (Å²) in [4.78, 5) is 2.58. The third-order valence-corrected chi connectivity index (χ3v) is 4.79. The molecule has 0 spiro atoms. The Kier molecular flexibility index (Phi) is 4.96. The van der Waals surface area contributed by atoms with Crippen LogP contribution in [0.3, 0.4) is 0 Å². The lowest BCUT2D eigenvalue weighted by Crippen LogP contribution is -2.36. The molecular formula is C19H26N2O. The number of ether oxygens (including phenoxy) is 1. The van der Waals surface area contributed by atoms with E-state index >= 15 is 0 Å². The molecule has 0 unspecified atom stereocenters. The second kappa shape index (κ2) is 7.12. The molecule has 0 atom stereocenters. The molecule has 1 aliphatic heterocycles. The van der Waals surface area contributed by atoms with E-state index in [2.05, 4.69) is 53.7 Å². The fraction of sp³-hybridized carbons (Fsp3) is 0.474. The van der Waals surface area contributed by atoms with Crippen LogP contribution >= 0.6 is 0 Å². The molecule has 1 N–H and O–H groups in total. The number of hydrogen-bond acceptors (Lipinski definition) is 3. The van der Waals surface area contributed by atoms with Gasteiger partial charge in [-0.15, -0.1) is 0 Å². The van der Waals surface area contributed by atoms with Gasteiger partial charge in [0.2, 0.25) is 0 Å². The van der Waals surface area contributed by atoms with Crippen molar-refractivity contribution in [1.29, 1.82) is 0 Å². The summed E-state index contributed by atoms with van der Waals surface area (Å²) >= 11 is 0. The minimum atomic E-state index is 0.842. The van der Waals surface area contributed by atoms with Crippen molar-refractivity contribution in [3.8, 4) is 5.75 Å². The van der Waals surface area contributed by atoms with E-state index < -0.39 is 0 Å². The Hall–Kier alpha value is -1.58. The van der Waals surface area contributed by atoms with Gasteiger partial charge >= 0.3 is 0 Å². The summed E-state index contributed by atoms with van der Waals surface area (Å²) in [5.74, 6) is 1.81. The first-order chi connectivity index (χ1) is 10.8. The van der Waals surface area contributed by atoms with Crippen LogP contribution in [0.4, 0.5) is 0 Å². The number of rotatable bonds is 5. The zero-order valence-corrected chi connectivity index (χ0v) is 13.6. The number of benzene rings is 2. The highest BCUT2D eigenvalue weighted by Gasteiger charge is 2.19. The number of methoxy groups -OCH3 is 1. The summed E-state index contributed by atoms with van der Waals surface area (Å²) in [7, 11) is 3.80. The maximum Gasteiger partial charge on any atom is 0.126 e. The predicted molar refractivity (Wildman–Crippen MR) is 92.4 cm³/mol. The summed E-state index contributed by atoms with van der Waals surface area (Å²) in [5, 5.41) is 5.84. The molecule has 1 saturated heterocycles. The summed E-state index contributed by atoms with van der Waals surface area (Å²) < 4.78 is 5.49. The molecule has 1 aliphatic rings. The van der Waals surface area contributed by atoms with Gasteiger partial charge in [0.25, 0.3) is 0 Å². The van der Waals surface area contributed by atoms with Gasteiger partial charge in [0.05, 0.1) is 7.11 Å². The van der Waals surface area contributed by atoms with Crippen molar-refractivity contribution in [2.75, 3.05) is 33.8 Å². The van der Waals surface area contributed by atoms with Gasteiger partial charge in [-0.05, 0) is 62.5 Å². The molecule has 0 radical (unpaired) electrons. The molecule has 1 heterocycles. The number of hydrogen-bond donors (Lipinski definition) is 1. The Morgan fingerprint density at radius 3 is 2.50 bits per heavy atom. The summed E-state index contributed by atoms with van der Waals surface area (Å²) in [5.41, 5.74) is 1.41. The summed E-state index contributed by atoms with van der Waals surface area (Å²) in [6, 6.07) is 12.9. The van der Waals surface area contributed by atoms with Crippen LogP contribution in [-0.4, -0.2) is 38.7 Å². The maximum atomic E-state index is 5.49. The Balaban J connectivity index is 1.75. The predicted octanol–water partition coefficient (Wildman–Crippen LogP) is 3.28. The molecule has 2 aromatic rings. The maximum absolute atomic E-state index is 5.49. The first-order valence-corrected chi connectivity index (χ1v) is 8.23. The number of fused-ring (bicyclic) bond motifs is 1. The van der Waals surface area contributed by atoms with Crippen molar-refractivity contribution in [1.82, 2.24) is 10.2 Å². The Bertz CT molecular complexity index is 618. The van der Waals surface area contributed by atoms with E-state index in [1.54, 1.807) is 7.11 Å². The average Bonchev–Trinajstić information content (AvgIpc) is 2.57. The topological polar surface area (TPSA) is 24.5 Å². The molecule has 1 fully saturated rings. The van der Waals surface area contributed by atoms with E-state index in [1.165, 1.54) is 42.3 Å². The number of nitrogens with one attached hydrogen (secondary N) is 1. The van der Waals surface area contributed by atoms with Gasteiger partial charge in [-0.2, -0.15) is 0 Å². The zero-order chi connectivity index (χ0) is 15.4. The second-order valence-electron chi connectivity index (χ2n) is 6.25. The minimum absolute atomic E-state index is 0.842. The summed E-state index contributed by atoms with van der Waals surface area (Å²) in [6.07, 6.45) is 2.60. The molecule has 2 aromatic carbocycles. The van der Waals surface area contributed by atoms with Crippen molar-refractivity contribution in [2.45, 2.75) is 19.4 Å². The van der Waals surface area contributed by atoms with E-state index in [0.717, 1.165) is 24.8 Å². The van der Waals surface area contributed by atoms with Gasteiger partial charge in [-0.3, -0.25) is 4.90 Å². The number of nitrogens with zero attached hydrogens (tertiary/aromatic N) is 1. The lowest BCUT2D eigenvalue weighted by atomic mass is 9.96. The van der Waals surface area contributed by atoms with Crippen LogP contribution in [0.2, 0.25) is 0 Å². The van der Waals surface area contributed by atoms with Crippen molar-refractivity contribution >= 4 is 10.8 Å². The first kappa shape index (κ1) is 15.3. The van der Waals surface area contributed by atoms with Gasteiger partial charge in [0, 0.05) is 11.9 Å². The normalized spacial score (nSPS) is 17.0. The SMILES string of the molecule is CNCC1CCN(Cc2ccc(OC)c3ccccc23)CC1. The molecule has 0 amide bonds. The third-order valence-electron chi connectivity index (χ3n) is 4.79. The van der Waals surface area contributed by atoms with E-state index in [4.69, 9.17) is 4.74 Å². The molecule has 0 aliphatic carbocycles. The Morgan fingerprint density at radius 2 is 1.82 bits per heavy atom. The third kappa shape index (κ3) is 3.26. The van der Waals surface area contributed by atoms with Crippen molar-refractivity contribution in [3.05, 3.63) is 42.0 Å². The van der Waals surface area contributed by atoms with Gasteiger partial charge in [0.15, 0.2) is 0 Å². The van der Waals surface area contributed by atoms with Gasteiger partial charge in [-0.25, -0.2) is 0 Å². The highest BCUT2D eigenvalue weighted by Crippen LogP contribution is 2.29. The smallest absolute Gasteiger partial charge is 0.126 e. The van der Waals surface area contributed by atoms with Crippen LogP contribution in [0.5, 0.6) is 5.75 Å². The fourth-order valence-corrected chi connectivity index (χ4v) is 3.53. The van der Waals surface area contributed by atoms with Crippen LogP contribution < -0.4 is 10.1 Å². The molecule has 0 saturated carbocycles. The molecule has 22 heavy (non-hydrogen) atoms. The average molecular weight is 298 g/mol. The van der Waals surface area contributed by atoms with E-state index in [-0.39, 0.29) is 0 Å². The molecule has 3 rings (SSSR count). The molecule has 118 valence electrons. The van der Waals surface area contributed by atoms with Crippen molar-refractivity contribution < 1.29 is 4.74 Å². The van der Waals surface area contributed by atoms with Crippen LogP contribution in [0.1, 0.15) is 18.4 Å². The lowest BCUT2D eigenvalue weighted by Gasteiger charge is -2.32. The minimum Gasteiger partial charge on any atom is -0.496 e. The summed E-state index contributed by atoms with van der Waals surface area (Å²) in [6.45, 7) is 4.59. The molecule has 3 nitrogen and oxygen atoms in total. The van der Waals surface area contributed by atoms with Crippen molar-refractivity contribution in [2.24, 2.45) is 5.92 Å². The second-order valence-corrected chi connectivity index (χ2v) is 6.25. The molecular weight excluding hydrogens is 272 g/mol. The van der Waals surface area contributed by atoms with Crippen LogP contribution in [-0.2, 0) is 6.54 Å². The lowest BCUT2D eigenvalue weighted by molar-refractivity contribution is 0.177. The fourth-order valence-electron chi connectivity index (χ4n) is 3.53. The van der Waals surface area contributed by atoms with Gasteiger partial charge in [-0.1, -0.05) is 30.3 Å². The largest absolute Gasteiger partial charge is 0.496 e. The van der Waals surface area contributed by atoms with Crippen LogP contribution in [0.25, 0.3) is 10.8 Å². The first-order valence-electron chi connectivity index (χ1n) is 8.23. The van der Waals surface area contributed by atoms with E-state index in [1.807, 2.05) is 0 Å². The molecule has 3 heteroatoms. The highest BCUT2D eigenvalue weighted by molar-refractivity contribution is 5.91. The standard InChI is InChI=1S/C19H26N2O/c1-20-13-15-9-11-21(12-10-15)14-16-7-8-19(22-2)18-6-4-3-5-17(16)18/h3-8,15,20H,9-14H2,1-2H3. The van der Waals surface area contributed by atoms with E-state index in [0.29, 0.717) is 0 Å². The Labute approximate surface area is 133 Å². The monoisotopic (exact) mass is 298 g/mol. The Morgan fingerprint density at radius 1 is 1.09 bits per heavy atom. The van der Waals surface area contributed by atoms with Gasteiger partial charge in [0.1, 0.15) is 5.75 Å².